The molecule has 0 aromatic heterocycles. The van der Waals surface area contributed by atoms with Gasteiger partial charge in [0.1, 0.15) is 22.7 Å². The number of hydrogen-bond acceptors (Lipinski definition) is 7. The first-order valence-corrected chi connectivity index (χ1v) is 13.5. The van der Waals surface area contributed by atoms with Crippen LogP contribution in [0.5, 0.6) is 11.5 Å². The van der Waals surface area contributed by atoms with Crippen LogP contribution < -0.4 is 14.4 Å². The number of carbonyl (C=O) groups excluding carboxylic acids is 2. The van der Waals surface area contributed by atoms with Gasteiger partial charge in [0.2, 0.25) is 0 Å². The second kappa shape index (κ2) is 11.8. The minimum Gasteiger partial charge on any atom is -0.428 e. The highest BCUT2D eigenvalue weighted by atomic mass is 32.2. The highest BCUT2D eigenvalue weighted by molar-refractivity contribution is 7.97. The molecule has 0 amide bonds. The molecule has 7 nitrogen and oxygen atoms in total. The van der Waals surface area contributed by atoms with Crippen molar-refractivity contribution in [2.75, 3.05) is 19.0 Å². The molecule has 8 heteroatoms. The van der Waals surface area contributed by atoms with E-state index in [1.807, 2.05) is 55.4 Å². The number of ether oxygens (including phenoxy) is 4. The average Bonchev–Trinajstić information content (AvgIpc) is 2.77. The quantitative estimate of drug-likeness (QED) is 0.183. The van der Waals surface area contributed by atoms with E-state index in [0.29, 0.717) is 11.5 Å². The molecule has 0 radical (unpaired) electrons. The molecule has 0 fully saturated rings. The number of nitrogens with zero attached hydrogens (tertiary/aromatic N) is 1. The molecule has 38 heavy (non-hydrogen) atoms. The number of rotatable bonds is 6. The highest BCUT2D eigenvalue weighted by Crippen LogP contribution is 2.35. The van der Waals surface area contributed by atoms with E-state index in [0.717, 1.165) is 20.4 Å². The van der Waals surface area contributed by atoms with Crippen LogP contribution in [-0.2, 0) is 20.4 Å². The summed E-state index contributed by atoms with van der Waals surface area (Å²) < 4.78 is 21.6. The van der Waals surface area contributed by atoms with Gasteiger partial charge in [0.15, 0.2) is 14.7 Å². The number of hydrogen-bond donors (Lipinski definition) is 0. The molecule has 0 bridgehead atoms. The Bertz CT molecular complexity index is 1190. The SMILES string of the molecule is CN(C)c1ccc([S+](c2cccc(OC(=O)OC(C)(C)C)c2)c2cccc(OC(=O)OC(C)(C)C)c2)cc1. The number of benzene rings is 3. The van der Waals surface area contributed by atoms with Crippen LogP contribution in [0.15, 0.2) is 87.5 Å². The van der Waals surface area contributed by atoms with Gasteiger partial charge in [0.25, 0.3) is 0 Å². The Balaban J connectivity index is 1.99. The van der Waals surface area contributed by atoms with Gasteiger partial charge in [0.05, 0.1) is 10.9 Å². The van der Waals surface area contributed by atoms with Crippen LogP contribution >= 0.6 is 0 Å². The van der Waals surface area contributed by atoms with E-state index >= 15 is 0 Å². The Hall–Kier alpha value is -3.65. The highest BCUT2D eigenvalue weighted by Gasteiger charge is 2.31. The predicted molar refractivity (Wildman–Crippen MR) is 150 cm³/mol. The third kappa shape index (κ3) is 8.73. The summed E-state index contributed by atoms with van der Waals surface area (Å²) in [4.78, 5) is 29.5. The first-order chi connectivity index (χ1) is 17.7. The van der Waals surface area contributed by atoms with E-state index in [1.165, 1.54) is 0 Å². The molecule has 0 N–H and O–H groups in total. The standard InChI is InChI=1S/C30H36NO6S/c1-29(2,3)36-27(32)34-22-11-9-13-25(19-22)38(24-17-15-21(16-18-24)31(7)8)26-14-10-12-23(20-26)35-28(33)37-30(4,5)6/h9-20H,1-8H3/q+1. The first kappa shape index (κ1) is 28.9. The Labute approximate surface area is 228 Å². The summed E-state index contributed by atoms with van der Waals surface area (Å²) in [6.07, 6.45) is -1.53. The lowest BCUT2D eigenvalue weighted by Gasteiger charge is -2.19. The first-order valence-electron chi connectivity index (χ1n) is 12.2. The van der Waals surface area contributed by atoms with Crippen molar-refractivity contribution in [1.82, 2.24) is 0 Å². The Kier molecular flexibility index (Phi) is 8.99. The van der Waals surface area contributed by atoms with Gasteiger partial charge in [-0.3, -0.25) is 0 Å². The van der Waals surface area contributed by atoms with Gasteiger partial charge >= 0.3 is 12.3 Å². The zero-order valence-corrected chi connectivity index (χ0v) is 24.0. The lowest BCUT2D eigenvalue weighted by Crippen LogP contribution is -2.26. The van der Waals surface area contributed by atoms with E-state index in [2.05, 4.69) is 24.3 Å². The largest absolute Gasteiger partial charge is 0.514 e. The number of anilines is 1. The predicted octanol–water partition coefficient (Wildman–Crippen LogP) is 7.48. The van der Waals surface area contributed by atoms with Crippen molar-refractivity contribution in [3.8, 4) is 11.5 Å². The summed E-state index contributed by atoms with van der Waals surface area (Å²) in [5, 5.41) is 0. The molecule has 0 heterocycles. The molecule has 3 aromatic carbocycles. The Morgan fingerprint density at radius 3 is 1.42 bits per heavy atom. The second-order valence-electron chi connectivity index (χ2n) is 10.8. The molecular formula is C30H36NO6S+. The van der Waals surface area contributed by atoms with Crippen molar-refractivity contribution in [3.05, 3.63) is 72.8 Å². The van der Waals surface area contributed by atoms with Gasteiger partial charge in [0, 0.05) is 31.9 Å². The molecule has 3 aromatic rings. The van der Waals surface area contributed by atoms with Crippen LogP contribution in [0.2, 0.25) is 0 Å². The van der Waals surface area contributed by atoms with Crippen LogP contribution in [0.25, 0.3) is 0 Å². The summed E-state index contributed by atoms with van der Waals surface area (Å²) in [6.45, 7) is 10.7. The summed E-state index contributed by atoms with van der Waals surface area (Å²) in [5.41, 5.74) is -0.259. The van der Waals surface area contributed by atoms with Crippen molar-refractivity contribution in [2.45, 2.75) is 67.4 Å². The average molecular weight is 539 g/mol. The molecule has 0 saturated carbocycles. The van der Waals surface area contributed by atoms with E-state index in [4.69, 9.17) is 18.9 Å². The van der Waals surface area contributed by atoms with Gasteiger partial charge in [-0.25, -0.2) is 9.59 Å². The van der Waals surface area contributed by atoms with Gasteiger partial charge in [-0.2, -0.15) is 0 Å². The lowest BCUT2D eigenvalue weighted by atomic mass is 10.2. The van der Waals surface area contributed by atoms with Crippen molar-refractivity contribution >= 4 is 28.9 Å². The maximum absolute atomic E-state index is 12.3. The van der Waals surface area contributed by atoms with Crippen LogP contribution in [0.4, 0.5) is 15.3 Å². The van der Waals surface area contributed by atoms with Crippen LogP contribution in [0, 0.1) is 0 Å². The van der Waals surface area contributed by atoms with E-state index in [-0.39, 0.29) is 0 Å². The minimum atomic E-state index is -0.766. The fourth-order valence-electron chi connectivity index (χ4n) is 3.35. The third-order valence-corrected chi connectivity index (χ3v) is 7.05. The van der Waals surface area contributed by atoms with Crippen molar-refractivity contribution in [1.29, 1.82) is 0 Å². The van der Waals surface area contributed by atoms with Crippen molar-refractivity contribution in [3.63, 3.8) is 0 Å². The van der Waals surface area contributed by atoms with Crippen molar-refractivity contribution < 1.29 is 28.5 Å². The summed E-state index contributed by atoms with van der Waals surface area (Å²) in [6, 6.07) is 23.0. The zero-order chi connectivity index (χ0) is 28.1. The molecular weight excluding hydrogens is 502 g/mol. The molecule has 0 saturated heterocycles. The second-order valence-corrected chi connectivity index (χ2v) is 12.8. The van der Waals surface area contributed by atoms with E-state index < -0.39 is 34.4 Å². The monoisotopic (exact) mass is 538 g/mol. The summed E-state index contributed by atoms with van der Waals surface area (Å²) in [5.74, 6) is 0.751. The molecule has 0 spiro atoms. The molecule has 0 aliphatic rings. The normalized spacial score (nSPS) is 11.6. The third-order valence-electron chi connectivity index (χ3n) is 4.85. The Morgan fingerprint density at radius 1 is 0.632 bits per heavy atom. The minimum absolute atomic E-state index is 0.375. The molecule has 0 atom stereocenters. The van der Waals surface area contributed by atoms with Gasteiger partial charge in [-0.1, -0.05) is 12.1 Å². The number of carbonyl (C=O) groups is 2. The van der Waals surface area contributed by atoms with Gasteiger partial charge < -0.3 is 23.8 Å². The van der Waals surface area contributed by atoms with Crippen LogP contribution in [-0.4, -0.2) is 37.6 Å². The molecule has 0 aliphatic heterocycles. The van der Waals surface area contributed by atoms with Crippen LogP contribution in [0.1, 0.15) is 41.5 Å². The van der Waals surface area contributed by atoms with Crippen molar-refractivity contribution in [2.24, 2.45) is 0 Å². The lowest BCUT2D eigenvalue weighted by molar-refractivity contribution is 0.0192. The molecule has 0 unspecified atom stereocenters. The molecule has 3 rings (SSSR count). The van der Waals surface area contributed by atoms with Gasteiger partial charge in [-0.15, -0.1) is 0 Å². The van der Waals surface area contributed by atoms with Crippen LogP contribution in [0.3, 0.4) is 0 Å². The smallest absolute Gasteiger partial charge is 0.428 e. The zero-order valence-electron chi connectivity index (χ0n) is 23.2. The fourth-order valence-corrected chi connectivity index (χ4v) is 5.47. The molecule has 0 aliphatic carbocycles. The summed E-state index contributed by atoms with van der Waals surface area (Å²) >= 11 is 0. The van der Waals surface area contributed by atoms with Gasteiger partial charge in [-0.05, 0) is 90.1 Å². The van der Waals surface area contributed by atoms with E-state index in [1.54, 1.807) is 53.7 Å². The Morgan fingerprint density at radius 2 is 1.05 bits per heavy atom. The topological polar surface area (TPSA) is 74.3 Å². The molecule has 202 valence electrons. The maximum Gasteiger partial charge on any atom is 0.514 e. The fraction of sp³-hybridized carbons (Fsp3) is 0.333. The summed E-state index contributed by atoms with van der Waals surface area (Å²) in [7, 11) is 3.37. The maximum atomic E-state index is 12.3. The van der Waals surface area contributed by atoms with E-state index in [9.17, 15) is 9.59 Å².